The highest BCUT2D eigenvalue weighted by Gasteiger charge is 2.17. The summed E-state index contributed by atoms with van der Waals surface area (Å²) < 4.78 is 0. The number of pyridine rings is 2. The monoisotopic (exact) mass is 330 g/mol. The van der Waals surface area contributed by atoms with Crippen LogP contribution in [-0.4, -0.2) is 29.0 Å². The topological polar surface area (TPSA) is 58.1 Å². The molecular weight excluding hydrogens is 312 g/mol. The van der Waals surface area contributed by atoms with Gasteiger partial charge in [0.05, 0.1) is 5.56 Å². The lowest BCUT2D eigenvalue weighted by molar-refractivity contribution is 0.102. The van der Waals surface area contributed by atoms with Crippen molar-refractivity contribution in [3.05, 3.63) is 47.2 Å². The summed E-state index contributed by atoms with van der Waals surface area (Å²) in [6.45, 7) is 4.32. The molecule has 1 N–H and O–H groups in total. The van der Waals surface area contributed by atoms with Gasteiger partial charge in [-0.25, -0.2) is 9.97 Å². The van der Waals surface area contributed by atoms with E-state index in [2.05, 4.69) is 27.1 Å². The summed E-state index contributed by atoms with van der Waals surface area (Å²) in [6, 6.07) is 6.96. The Morgan fingerprint density at radius 1 is 1.26 bits per heavy atom. The number of nitrogens with zero attached hydrogens (tertiary/aromatic N) is 3. The maximum atomic E-state index is 12.2. The van der Waals surface area contributed by atoms with Gasteiger partial charge in [-0.3, -0.25) is 4.79 Å². The summed E-state index contributed by atoms with van der Waals surface area (Å²) in [5.74, 6) is 1.89. The van der Waals surface area contributed by atoms with Crippen LogP contribution in [0.1, 0.15) is 30.1 Å². The van der Waals surface area contributed by atoms with E-state index in [0.717, 1.165) is 24.8 Å². The van der Waals surface area contributed by atoms with Crippen molar-refractivity contribution in [3.8, 4) is 0 Å². The second kappa shape index (κ2) is 6.96. The molecule has 2 aromatic rings. The van der Waals surface area contributed by atoms with E-state index in [0.29, 0.717) is 16.4 Å². The second-order valence-electron chi connectivity index (χ2n) is 5.89. The number of aromatic nitrogens is 2. The first kappa shape index (κ1) is 15.7. The quantitative estimate of drug-likeness (QED) is 0.933. The molecule has 23 heavy (non-hydrogen) atoms. The largest absolute Gasteiger partial charge is 0.357 e. The number of hydrogen-bond donors (Lipinski definition) is 1. The lowest BCUT2D eigenvalue weighted by Gasteiger charge is -2.31. The van der Waals surface area contributed by atoms with Crippen LogP contribution in [0.5, 0.6) is 0 Å². The summed E-state index contributed by atoms with van der Waals surface area (Å²) in [4.78, 5) is 23.0. The Kier molecular flexibility index (Phi) is 4.76. The molecule has 120 valence electrons. The molecule has 3 rings (SSSR count). The molecule has 6 heteroatoms. The third-order valence-corrected chi connectivity index (χ3v) is 4.32. The van der Waals surface area contributed by atoms with Crippen LogP contribution in [0.2, 0.25) is 5.02 Å². The average Bonchev–Trinajstić information content (AvgIpc) is 2.56. The van der Waals surface area contributed by atoms with Gasteiger partial charge in [0.2, 0.25) is 0 Å². The van der Waals surface area contributed by atoms with Gasteiger partial charge in [-0.2, -0.15) is 0 Å². The number of rotatable bonds is 3. The van der Waals surface area contributed by atoms with Gasteiger partial charge in [-0.05, 0) is 43.0 Å². The second-order valence-corrected chi connectivity index (χ2v) is 6.32. The van der Waals surface area contributed by atoms with E-state index in [-0.39, 0.29) is 5.91 Å². The van der Waals surface area contributed by atoms with Crippen LogP contribution in [0.15, 0.2) is 36.7 Å². The standard InChI is InChI=1S/C17H19ClN4O/c1-12-5-8-22(9-6-12)16-3-2-13(11-20-16)17(23)21-15-10-14(18)4-7-19-15/h2-4,7,10-12H,5-6,8-9H2,1H3,(H,19,21,23). The first-order valence-electron chi connectivity index (χ1n) is 7.76. The van der Waals surface area contributed by atoms with E-state index in [1.165, 1.54) is 12.8 Å². The highest BCUT2D eigenvalue weighted by Crippen LogP contribution is 2.21. The van der Waals surface area contributed by atoms with Gasteiger partial charge >= 0.3 is 0 Å². The Hall–Kier alpha value is -2.14. The van der Waals surface area contributed by atoms with E-state index in [1.54, 1.807) is 30.6 Å². The number of amides is 1. The fraction of sp³-hybridized carbons (Fsp3) is 0.353. The fourth-order valence-corrected chi connectivity index (χ4v) is 2.77. The molecule has 1 fully saturated rings. The summed E-state index contributed by atoms with van der Waals surface area (Å²) in [5, 5.41) is 3.25. The van der Waals surface area contributed by atoms with Gasteiger partial charge < -0.3 is 10.2 Å². The Balaban J connectivity index is 1.65. The molecule has 0 radical (unpaired) electrons. The number of halogens is 1. The van der Waals surface area contributed by atoms with E-state index >= 15 is 0 Å². The van der Waals surface area contributed by atoms with Gasteiger partial charge in [-0.1, -0.05) is 18.5 Å². The first-order chi connectivity index (χ1) is 11.1. The van der Waals surface area contributed by atoms with Crippen LogP contribution in [-0.2, 0) is 0 Å². The number of hydrogen-bond acceptors (Lipinski definition) is 4. The van der Waals surface area contributed by atoms with Crippen molar-refractivity contribution in [1.29, 1.82) is 0 Å². The van der Waals surface area contributed by atoms with E-state index in [9.17, 15) is 4.79 Å². The Labute approximate surface area is 140 Å². The summed E-state index contributed by atoms with van der Waals surface area (Å²) >= 11 is 5.88. The van der Waals surface area contributed by atoms with E-state index in [4.69, 9.17) is 11.6 Å². The number of piperidine rings is 1. The molecule has 1 aliphatic rings. The van der Waals surface area contributed by atoms with Gasteiger partial charge in [0.25, 0.3) is 5.91 Å². The molecule has 1 aliphatic heterocycles. The van der Waals surface area contributed by atoms with Crippen molar-refractivity contribution >= 4 is 29.1 Å². The fourth-order valence-electron chi connectivity index (χ4n) is 2.61. The smallest absolute Gasteiger partial charge is 0.258 e. The Morgan fingerprint density at radius 2 is 2.04 bits per heavy atom. The SMILES string of the molecule is CC1CCN(c2ccc(C(=O)Nc3cc(Cl)ccn3)cn2)CC1. The molecule has 3 heterocycles. The molecule has 0 unspecified atom stereocenters. The van der Waals surface area contributed by atoms with Crippen LogP contribution < -0.4 is 10.2 Å². The average molecular weight is 331 g/mol. The minimum absolute atomic E-state index is 0.244. The predicted octanol–water partition coefficient (Wildman–Crippen LogP) is 3.62. The van der Waals surface area contributed by atoms with Gasteiger partial charge in [-0.15, -0.1) is 0 Å². The zero-order valence-electron chi connectivity index (χ0n) is 13.0. The highest BCUT2D eigenvalue weighted by molar-refractivity contribution is 6.30. The van der Waals surface area contributed by atoms with Gasteiger partial charge in [0.1, 0.15) is 11.6 Å². The highest BCUT2D eigenvalue weighted by atomic mass is 35.5. The molecule has 0 bridgehead atoms. The number of nitrogens with one attached hydrogen (secondary N) is 1. The van der Waals surface area contributed by atoms with Crippen molar-refractivity contribution in [2.45, 2.75) is 19.8 Å². The molecule has 0 saturated carbocycles. The molecule has 5 nitrogen and oxygen atoms in total. The van der Waals surface area contributed by atoms with Crippen LogP contribution in [0.4, 0.5) is 11.6 Å². The lowest BCUT2D eigenvalue weighted by Crippen LogP contribution is -2.33. The van der Waals surface area contributed by atoms with Crippen molar-refractivity contribution in [3.63, 3.8) is 0 Å². The Bertz CT molecular complexity index is 681. The maximum Gasteiger partial charge on any atom is 0.258 e. The van der Waals surface area contributed by atoms with Crippen molar-refractivity contribution in [2.75, 3.05) is 23.3 Å². The molecule has 2 aromatic heterocycles. The summed E-state index contributed by atoms with van der Waals surface area (Å²) in [6.07, 6.45) is 5.53. The van der Waals surface area contributed by atoms with Crippen LogP contribution in [0.25, 0.3) is 0 Å². The minimum atomic E-state index is -0.244. The van der Waals surface area contributed by atoms with E-state index in [1.807, 2.05) is 6.07 Å². The minimum Gasteiger partial charge on any atom is -0.357 e. The summed E-state index contributed by atoms with van der Waals surface area (Å²) in [7, 11) is 0. The molecule has 0 atom stereocenters. The van der Waals surface area contributed by atoms with Crippen molar-refractivity contribution < 1.29 is 4.79 Å². The maximum absolute atomic E-state index is 12.2. The van der Waals surface area contributed by atoms with Crippen LogP contribution >= 0.6 is 11.6 Å². The molecule has 0 spiro atoms. The molecule has 1 saturated heterocycles. The van der Waals surface area contributed by atoms with Crippen molar-refractivity contribution in [1.82, 2.24) is 9.97 Å². The molecule has 1 amide bonds. The lowest BCUT2D eigenvalue weighted by atomic mass is 9.99. The van der Waals surface area contributed by atoms with Gasteiger partial charge in [0, 0.05) is 30.5 Å². The summed E-state index contributed by atoms with van der Waals surface area (Å²) in [5.41, 5.74) is 0.501. The number of carbonyl (C=O) groups is 1. The molecule has 0 aliphatic carbocycles. The molecular formula is C17H19ClN4O. The van der Waals surface area contributed by atoms with Crippen LogP contribution in [0.3, 0.4) is 0 Å². The van der Waals surface area contributed by atoms with Gasteiger partial charge in [0.15, 0.2) is 0 Å². The van der Waals surface area contributed by atoms with E-state index < -0.39 is 0 Å². The van der Waals surface area contributed by atoms with Crippen LogP contribution in [0, 0.1) is 5.92 Å². The third kappa shape index (κ3) is 3.99. The zero-order valence-corrected chi connectivity index (χ0v) is 13.8. The number of anilines is 2. The van der Waals surface area contributed by atoms with Crippen molar-refractivity contribution in [2.24, 2.45) is 5.92 Å². The predicted molar refractivity (Wildman–Crippen MR) is 92.0 cm³/mol. The normalized spacial score (nSPS) is 15.5. The molecule has 0 aromatic carbocycles. The number of carbonyl (C=O) groups excluding carboxylic acids is 1. The Morgan fingerprint density at radius 3 is 2.70 bits per heavy atom. The zero-order chi connectivity index (χ0) is 16.2. The first-order valence-corrected chi connectivity index (χ1v) is 8.13. The third-order valence-electron chi connectivity index (χ3n) is 4.08.